The molecule has 1 aliphatic rings. The normalized spacial score (nSPS) is 16.3. The summed E-state index contributed by atoms with van der Waals surface area (Å²) in [5.41, 5.74) is 1.52. The van der Waals surface area contributed by atoms with Gasteiger partial charge in [-0.1, -0.05) is 15.9 Å². The van der Waals surface area contributed by atoms with Crippen molar-refractivity contribution in [2.45, 2.75) is 13.8 Å². The van der Waals surface area contributed by atoms with E-state index in [1.165, 1.54) is 28.8 Å². The number of hydrogen-bond acceptors (Lipinski definition) is 6. The minimum absolute atomic E-state index is 0.176. The van der Waals surface area contributed by atoms with Crippen LogP contribution in [0.1, 0.15) is 29.8 Å². The zero-order valence-corrected chi connectivity index (χ0v) is 19.6. The van der Waals surface area contributed by atoms with E-state index in [4.69, 9.17) is 14.6 Å². The molecule has 1 fully saturated rings. The second-order valence-corrected chi connectivity index (χ2v) is 8.27. The van der Waals surface area contributed by atoms with Crippen LogP contribution in [-0.2, 0) is 4.79 Å². The quantitative estimate of drug-likeness (QED) is 0.522. The SMILES string of the molecule is CCOc1cc(Br)c(C=C2SC(=Nc3ccc(C(=O)O)cc3)N(C)C2=O)cc1OCC. The number of ether oxygens (including phenoxy) is 2. The molecule has 3 rings (SSSR count). The van der Waals surface area contributed by atoms with Crippen molar-refractivity contribution in [3.63, 3.8) is 0 Å². The van der Waals surface area contributed by atoms with E-state index >= 15 is 0 Å². The molecule has 0 aromatic heterocycles. The summed E-state index contributed by atoms with van der Waals surface area (Å²) in [5.74, 6) is 0.0625. The lowest BCUT2D eigenvalue weighted by molar-refractivity contribution is -0.121. The van der Waals surface area contributed by atoms with Crippen LogP contribution in [0, 0.1) is 0 Å². The van der Waals surface area contributed by atoms with E-state index in [1.807, 2.05) is 26.0 Å². The number of rotatable bonds is 7. The molecular weight excluding hydrogens is 484 g/mol. The van der Waals surface area contributed by atoms with Crippen molar-refractivity contribution in [2.75, 3.05) is 20.3 Å². The van der Waals surface area contributed by atoms with Crippen LogP contribution in [-0.4, -0.2) is 47.3 Å². The van der Waals surface area contributed by atoms with Gasteiger partial charge in [-0.15, -0.1) is 0 Å². The predicted molar refractivity (Wildman–Crippen MR) is 125 cm³/mol. The zero-order chi connectivity index (χ0) is 22.5. The highest BCUT2D eigenvalue weighted by Crippen LogP contribution is 2.38. The van der Waals surface area contributed by atoms with Crippen molar-refractivity contribution in [1.29, 1.82) is 0 Å². The van der Waals surface area contributed by atoms with Gasteiger partial charge >= 0.3 is 5.97 Å². The summed E-state index contributed by atoms with van der Waals surface area (Å²) in [5, 5.41) is 9.52. The standard InChI is InChI=1S/C22H21BrN2O5S/c1-4-29-17-10-14(16(23)12-18(17)30-5-2)11-19-20(26)25(3)22(31-19)24-15-8-6-13(7-9-15)21(27)28/h6-12H,4-5H2,1-3H3,(H,27,28). The van der Waals surface area contributed by atoms with Crippen LogP contribution in [0.3, 0.4) is 0 Å². The molecule has 1 heterocycles. The highest BCUT2D eigenvalue weighted by Gasteiger charge is 2.30. The number of benzene rings is 2. The Kier molecular flexibility index (Phi) is 7.40. The first-order valence-corrected chi connectivity index (χ1v) is 11.1. The van der Waals surface area contributed by atoms with Gasteiger partial charge in [0.2, 0.25) is 0 Å². The fourth-order valence-corrected chi connectivity index (χ4v) is 4.19. The Morgan fingerprint density at radius 1 is 1.16 bits per heavy atom. The lowest BCUT2D eigenvalue weighted by atomic mass is 10.2. The Morgan fingerprint density at radius 3 is 2.35 bits per heavy atom. The number of carboxylic acid groups (broad SMARTS) is 1. The number of halogens is 1. The van der Waals surface area contributed by atoms with E-state index in [1.54, 1.807) is 25.3 Å². The summed E-state index contributed by atoms with van der Waals surface area (Å²) in [6.45, 7) is 4.80. The molecule has 31 heavy (non-hydrogen) atoms. The maximum absolute atomic E-state index is 12.8. The molecular formula is C22H21BrN2O5S. The molecule has 1 amide bonds. The Balaban J connectivity index is 1.91. The second kappa shape index (κ2) is 10.0. The molecule has 0 aliphatic carbocycles. The van der Waals surface area contributed by atoms with Gasteiger partial charge in [0.1, 0.15) is 0 Å². The number of carbonyl (C=O) groups excluding carboxylic acids is 1. The number of amidine groups is 1. The molecule has 0 spiro atoms. The van der Waals surface area contributed by atoms with Gasteiger partial charge in [0.25, 0.3) is 5.91 Å². The molecule has 1 aliphatic heterocycles. The van der Waals surface area contributed by atoms with Crippen LogP contribution in [0.2, 0.25) is 0 Å². The summed E-state index contributed by atoms with van der Waals surface area (Å²) >= 11 is 4.79. The third kappa shape index (κ3) is 5.29. The second-order valence-electron chi connectivity index (χ2n) is 6.41. The molecule has 7 nitrogen and oxygen atoms in total. The van der Waals surface area contributed by atoms with E-state index in [0.29, 0.717) is 40.5 Å². The van der Waals surface area contributed by atoms with Gasteiger partial charge < -0.3 is 14.6 Å². The average molecular weight is 505 g/mol. The van der Waals surface area contributed by atoms with Crippen LogP contribution in [0.5, 0.6) is 11.5 Å². The summed E-state index contributed by atoms with van der Waals surface area (Å²) in [4.78, 5) is 30.2. The number of carbonyl (C=O) groups is 2. The molecule has 0 atom stereocenters. The number of nitrogens with zero attached hydrogens (tertiary/aromatic N) is 2. The molecule has 1 saturated heterocycles. The average Bonchev–Trinajstić information content (AvgIpc) is 3.00. The molecule has 0 saturated carbocycles. The maximum atomic E-state index is 12.8. The van der Waals surface area contributed by atoms with Gasteiger partial charge in [-0.3, -0.25) is 9.69 Å². The molecule has 0 unspecified atom stereocenters. The molecule has 0 radical (unpaired) electrons. The topological polar surface area (TPSA) is 88.4 Å². The third-order valence-electron chi connectivity index (χ3n) is 4.29. The fraction of sp³-hybridized carbons (Fsp3) is 0.227. The van der Waals surface area contributed by atoms with Gasteiger partial charge in [-0.05, 0) is 73.6 Å². The van der Waals surface area contributed by atoms with Gasteiger partial charge in [0.05, 0.1) is 29.4 Å². The Morgan fingerprint density at radius 2 is 1.77 bits per heavy atom. The summed E-state index contributed by atoms with van der Waals surface area (Å²) in [6, 6.07) is 9.83. The minimum Gasteiger partial charge on any atom is -0.490 e. The summed E-state index contributed by atoms with van der Waals surface area (Å²) in [7, 11) is 1.65. The lowest BCUT2D eigenvalue weighted by Crippen LogP contribution is -2.23. The van der Waals surface area contributed by atoms with Crippen LogP contribution >= 0.6 is 27.7 Å². The first-order valence-electron chi connectivity index (χ1n) is 9.52. The largest absolute Gasteiger partial charge is 0.490 e. The van der Waals surface area contributed by atoms with Crippen LogP contribution in [0.4, 0.5) is 5.69 Å². The molecule has 9 heteroatoms. The number of amides is 1. The van der Waals surface area contributed by atoms with E-state index < -0.39 is 5.97 Å². The van der Waals surface area contributed by atoms with Gasteiger partial charge in [-0.2, -0.15) is 0 Å². The predicted octanol–water partition coefficient (Wildman–Crippen LogP) is 5.18. The zero-order valence-electron chi connectivity index (χ0n) is 17.2. The third-order valence-corrected chi connectivity index (χ3v) is 6.04. The Labute approximate surface area is 192 Å². The van der Waals surface area contributed by atoms with Crippen molar-refractivity contribution in [2.24, 2.45) is 4.99 Å². The van der Waals surface area contributed by atoms with Gasteiger partial charge in [0.15, 0.2) is 16.7 Å². The van der Waals surface area contributed by atoms with E-state index in [-0.39, 0.29) is 11.5 Å². The number of thioether (sulfide) groups is 1. The van der Waals surface area contributed by atoms with Gasteiger partial charge in [0, 0.05) is 11.5 Å². The summed E-state index contributed by atoms with van der Waals surface area (Å²) in [6.07, 6.45) is 1.78. The molecule has 0 bridgehead atoms. The highest BCUT2D eigenvalue weighted by molar-refractivity contribution is 9.10. The fourth-order valence-electron chi connectivity index (χ4n) is 2.78. The van der Waals surface area contributed by atoms with Crippen molar-refractivity contribution < 1.29 is 24.2 Å². The number of aliphatic imine (C=N–C) groups is 1. The monoisotopic (exact) mass is 504 g/mol. The van der Waals surface area contributed by atoms with Crippen LogP contribution < -0.4 is 9.47 Å². The van der Waals surface area contributed by atoms with Crippen molar-refractivity contribution in [1.82, 2.24) is 4.90 Å². The first-order chi connectivity index (χ1) is 14.8. The Hall–Kier alpha value is -2.78. The highest BCUT2D eigenvalue weighted by atomic mass is 79.9. The van der Waals surface area contributed by atoms with Crippen molar-refractivity contribution in [3.8, 4) is 11.5 Å². The van der Waals surface area contributed by atoms with E-state index in [0.717, 1.165) is 10.0 Å². The van der Waals surface area contributed by atoms with Crippen LogP contribution in [0.25, 0.3) is 6.08 Å². The van der Waals surface area contributed by atoms with E-state index in [9.17, 15) is 9.59 Å². The molecule has 1 N–H and O–H groups in total. The number of aromatic carboxylic acids is 1. The van der Waals surface area contributed by atoms with E-state index in [2.05, 4.69) is 20.9 Å². The number of likely N-dealkylation sites (N-methyl/N-ethyl adjacent to an activating group) is 1. The first kappa shape index (κ1) is 22.9. The number of hydrogen-bond donors (Lipinski definition) is 1. The molecule has 2 aromatic rings. The molecule has 2 aromatic carbocycles. The van der Waals surface area contributed by atoms with Crippen molar-refractivity contribution >= 4 is 56.5 Å². The summed E-state index contributed by atoms with van der Waals surface area (Å²) < 4.78 is 12.1. The maximum Gasteiger partial charge on any atom is 0.335 e. The van der Waals surface area contributed by atoms with Gasteiger partial charge in [-0.25, -0.2) is 9.79 Å². The van der Waals surface area contributed by atoms with Crippen molar-refractivity contribution in [3.05, 3.63) is 56.9 Å². The Bertz CT molecular complexity index is 1070. The van der Waals surface area contributed by atoms with Crippen LogP contribution in [0.15, 0.2) is 50.8 Å². The molecule has 162 valence electrons. The lowest BCUT2D eigenvalue weighted by Gasteiger charge is -2.13. The minimum atomic E-state index is -1.00. The smallest absolute Gasteiger partial charge is 0.335 e. The number of carboxylic acids is 1.